The van der Waals surface area contributed by atoms with Gasteiger partial charge in [-0.2, -0.15) is 0 Å². The van der Waals surface area contributed by atoms with E-state index in [2.05, 4.69) is 15.5 Å². The Morgan fingerprint density at radius 3 is 2.35 bits per heavy atom. The summed E-state index contributed by atoms with van der Waals surface area (Å²) in [4.78, 5) is 12.1. The van der Waals surface area contributed by atoms with Crippen LogP contribution in [0.2, 0.25) is 10.0 Å². The van der Waals surface area contributed by atoms with E-state index in [1.807, 2.05) is 19.1 Å². The molecule has 0 aliphatic heterocycles. The van der Waals surface area contributed by atoms with Gasteiger partial charge in [0.25, 0.3) is 5.22 Å². The van der Waals surface area contributed by atoms with Crippen LogP contribution in [0.25, 0.3) is 11.5 Å². The van der Waals surface area contributed by atoms with E-state index >= 15 is 0 Å². The van der Waals surface area contributed by atoms with Gasteiger partial charge in [-0.15, -0.1) is 10.2 Å². The van der Waals surface area contributed by atoms with Crippen molar-refractivity contribution < 1.29 is 9.21 Å². The van der Waals surface area contributed by atoms with Crippen molar-refractivity contribution in [1.82, 2.24) is 15.5 Å². The van der Waals surface area contributed by atoms with Gasteiger partial charge in [-0.1, -0.05) is 47.1 Å². The zero-order chi connectivity index (χ0) is 18.5. The van der Waals surface area contributed by atoms with Crippen molar-refractivity contribution in [3.05, 3.63) is 64.1 Å². The standard InChI is InChI=1S/C18H15Cl2N3O2S/c1-11(12-2-6-14(19)7-3-12)21-16(24)10-26-18-23-22-17(25-18)13-4-8-15(20)9-5-13/h2-9,11H,10H2,1H3,(H,21,24)/t11-/m0/s1. The number of aromatic nitrogens is 2. The molecule has 1 heterocycles. The lowest BCUT2D eigenvalue weighted by atomic mass is 10.1. The van der Waals surface area contributed by atoms with Crippen molar-refractivity contribution in [1.29, 1.82) is 0 Å². The molecular weight excluding hydrogens is 393 g/mol. The van der Waals surface area contributed by atoms with Gasteiger partial charge < -0.3 is 9.73 Å². The van der Waals surface area contributed by atoms with Crippen molar-refractivity contribution in [3.8, 4) is 11.5 Å². The molecule has 1 N–H and O–H groups in total. The van der Waals surface area contributed by atoms with Gasteiger partial charge in [-0.25, -0.2) is 0 Å². The molecule has 0 aliphatic carbocycles. The SMILES string of the molecule is C[C@H](NC(=O)CSc1nnc(-c2ccc(Cl)cc2)o1)c1ccc(Cl)cc1. The Balaban J connectivity index is 1.53. The molecule has 0 saturated heterocycles. The number of thioether (sulfide) groups is 1. The predicted octanol–water partition coefficient (Wildman–Crippen LogP) is 5.01. The van der Waals surface area contributed by atoms with Gasteiger partial charge in [0.15, 0.2) is 0 Å². The third-order valence-corrected chi connectivity index (χ3v) is 4.89. The molecule has 0 unspecified atom stereocenters. The van der Waals surface area contributed by atoms with Crippen molar-refractivity contribution in [2.75, 3.05) is 5.75 Å². The third-order valence-electron chi connectivity index (χ3n) is 3.57. The van der Waals surface area contributed by atoms with E-state index < -0.39 is 0 Å². The van der Waals surface area contributed by atoms with Crippen molar-refractivity contribution in [3.63, 3.8) is 0 Å². The summed E-state index contributed by atoms with van der Waals surface area (Å²) in [5, 5.41) is 12.5. The molecule has 1 aromatic heterocycles. The topological polar surface area (TPSA) is 68.0 Å². The molecule has 1 amide bonds. The summed E-state index contributed by atoms with van der Waals surface area (Å²) in [5.74, 6) is 0.447. The summed E-state index contributed by atoms with van der Waals surface area (Å²) in [5.41, 5.74) is 1.75. The number of rotatable bonds is 6. The molecule has 5 nitrogen and oxygen atoms in total. The fourth-order valence-corrected chi connectivity index (χ4v) is 3.05. The number of carbonyl (C=O) groups is 1. The average molecular weight is 408 g/mol. The first kappa shape index (κ1) is 18.8. The van der Waals surface area contributed by atoms with Crippen LogP contribution in [0.5, 0.6) is 0 Å². The van der Waals surface area contributed by atoms with Gasteiger partial charge in [0, 0.05) is 15.6 Å². The molecule has 26 heavy (non-hydrogen) atoms. The van der Waals surface area contributed by atoms with Crippen LogP contribution in [0.15, 0.2) is 58.2 Å². The van der Waals surface area contributed by atoms with Crippen LogP contribution in [0.3, 0.4) is 0 Å². The summed E-state index contributed by atoms with van der Waals surface area (Å²) in [6.45, 7) is 1.91. The van der Waals surface area contributed by atoms with Crippen LogP contribution >= 0.6 is 35.0 Å². The lowest BCUT2D eigenvalue weighted by molar-refractivity contribution is -0.119. The lowest BCUT2D eigenvalue weighted by Gasteiger charge is -2.13. The average Bonchev–Trinajstić information content (AvgIpc) is 3.10. The maximum absolute atomic E-state index is 12.1. The molecule has 2 aromatic carbocycles. The summed E-state index contributed by atoms with van der Waals surface area (Å²) in [6.07, 6.45) is 0. The van der Waals surface area contributed by atoms with Crippen LogP contribution < -0.4 is 5.32 Å². The first-order chi connectivity index (χ1) is 12.5. The van der Waals surface area contributed by atoms with E-state index in [1.54, 1.807) is 36.4 Å². The highest BCUT2D eigenvalue weighted by molar-refractivity contribution is 7.99. The number of nitrogens with zero attached hydrogens (tertiary/aromatic N) is 2. The molecule has 0 aliphatic rings. The van der Waals surface area contributed by atoms with E-state index in [4.69, 9.17) is 27.6 Å². The predicted molar refractivity (Wildman–Crippen MR) is 103 cm³/mol. The van der Waals surface area contributed by atoms with Gasteiger partial charge in [0.05, 0.1) is 11.8 Å². The molecule has 3 aromatic rings. The van der Waals surface area contributed by atoms with Crippen molar-refractivity contribution in [2.45, 2.75) is 18.2 Å². The fourth-order valence-electron chi connectivity index (χ4n) is 2.22. The minimum absolute atomic E-state index is 0.118. The largest absolute Gasteiger partial charge is 0.411 e. The monoisotopic (exact) mass is 407 g/mol. The quantitative estimate of drug-likeness (QED) is 0.581. The highest BCUT2D eigenvalue weighted by atomic mass is 35.5. The van der Waals surface area contributed by atoms with Gasteiger partial charge >= 0.3 is 0 Å². The fraction of sp³-hybridized carbons (Fsp3) is 0.167. The van der Waals surface area contributed by atoms with Crippen LogP contribution in [0, 0.1) is 0 Å². The summed E-state index contributed by atoms with van der Waals surface area (Å²) < 4.78 is 5.57. The molecular formula is C18H15Cl2N3O2S. The molecule has 0 spiro atoms. The molecule has 8 heteroatoms. The van der Waals surface area contributed by atoms with Crippen LogP contribution in [0.4, 0.5) is 0 Å². The molecule has 0 radical (unpaired) electrons. The second kappa shape index (κ2) is 8.58. The van der Waals surface area contributed by atoms with Crippen molar-refractivity contribution >= 4 is 40.9 Å². The van der Waals surface area contributed by atoms with Gasteiger partial charge in [-0.3, -0.25) is 4.79 Å². The van der Waals surface area contributed by atoms with Gasteiger partial charge in [-0.05, 0) is 48.9 Å². The highest BCUT2D eigenvalue weighted by Gasteiger charge is 2.13. The maximum atomic E-state index is 12.1. The van der Waals surface area contributed by atoms with Gasteiger partial charge in [0.1, 0.15) is 0 Å². The molecule has 3 rings (SSSR count). The zero-order valence-electron chi connectivity index (χ0n) is 13.8. The second-order valence-electron chi connectivity index (χ2n) is 5.51. The number of carbonyl (C=O) groups excluding carboxylic acids is 1. The summed E-state index contributed by atoms with van der Waals surface area (Å²) in [6, 6.07) is 14.3. The number of hydrogen-bond donors (Lipinski definition) is 1. The van der Waals surface area contributed by atoms with E-state index in [0.717, 1.165) is 11.1 Å². The lowest BCUT2D eigenvalue weighted by Crippen LogP contribution is -2.28. The molecule has 0 fully saturated rings. The minimum Gasteiger partial charge on any atom is -0.411 e. The Morgan fingerprint density at radius 2 is 1.69 bits per heavy atom. The molecule has 0 saturated carbocycles. The second-order valence-corrected chi connectivity index (χ2v) is 7.31. The third kappa shape index (κ3) is 5.00. The number of nitrogens with one attached hydrogen (secondary N) is 1. The van der Waals surface area contributed by atoms with E-state index in [0.29, 0.717) is 21.2 Å². The van der Waals surface area contributed by atoms with Crippen molar-refractivity contribution in [2.24, 2.45) is 0 Å². The van der Waals surface area contributed by atoms with Gasteiger partial charge in [0.2, 0.25) is 11.8 Å². The number of benzene rings is 2. The van der Waals surface area contributed by atoms with E-state index in [1.165, 1.54) is 11.8 Å². The number of amides is 1. The first-order valence-electron chi connectivity index (χ1n) is 7.78. The Labute approximate surface area is 165 Å². The van der Waals surface area contributed by atoms with E-state index in [9.17, 15) is 4.79 Å². The molecule has 0 bridgehead atoms. The number of halogens is 2. The number of hydrogen-bond acceptors (Lipinski definition) is 5. The highest BCUT2D eigenvalue weighted by Crippen LogP contribution is 2.24. The first-order valence-corrected chi connectivity index (χ1v) is 9.52. The summed E-state index contributed by atoms with van der Waals surface area (Å²) in [7, 11) is 0. The Bertz CT molecular complexity index is 882. The van der Waals surface area contributed by atoms with Crippen LogP contribution in [-0.4, -0.2) is 21.9 Å². The smallest absolute Gasteiger partial charge is 0.277 e. The molecule has 1 atom stereocenters. The zero-order valence-corrected chi connectivity index (χ0v) is 16.1. The maximum Gasteiger partial charge on any atom is 0.277 e. The Morgan fingerprint density at radius 1 is 1.08 bits per heavy atom. The molecule has 134 valence electrons. The van der Waals surface area contributed by atoms with Crippen LogP contribution in [-0.2, 0) is 4.79 Å². The summed E-state index contributed by atoms with van der Waals surface area (Å²) >= 11 is 12.9. The van der Waals surface area contributed by atoms with Crippen LogP contribution in [0.1, 0.15) is 18.5 Å². The minimum atomic E-state index is -0.122. The van der Waals surface area contributed by atoms with E-state index in [-0.39, 0.29) is 17.7 Å². The Hall–Kier alpha value is -2.02. The normalized spacial score (nSPS) is 12.0. The Kier molecular flexibility index (Phi) is 6.19.